The number of nitrogens with one attached hydrogen (secondary N) is 1. The second kappa shape index (κ2) is 8.36. The molecule has 2 aromatic heterocycles. The molecule has 7 heteroatoms. The molecule has 4 rings (SSSR count). The first kappa shape index (κ1) is 19.0. The first-order chi connectivity index (χ1) is 14.1. The van der Waals surface area contributed by atoms with E-state index in [2.05, 4.69) is 46.6 Å². The van der Waals surface area contributed by atoms with Gasteiger partial charge in [-0.15, -0.1) is 16.9 Å². The third kappa shape index (κ3) is 4.41. The average Bonchev–Trinajstić information content (AvgIpc) is 3.13. The highest BCUT2D eigenvalue weighted by Gasteiger charge is 2.09. The van der Waals surface area contributed by atoms with E-state index in [1.54, 1.807) is 34.8 Å². The molecule has 0 saturated carbocycles. The summed E-state index contributed by atoms with van der Waals surface area (Å²) in [5.74, 6) is 2.03. The molecule has 0 atom stereocenters. The Kier molecular flexibility index (Phi) is 5.48. The first-order valence-corrected chi connectivity index (χ1v) is 10.2. The van der Waals surface area contributed by atoms with E-state index in [-0.39, 0.29) is 5.91 Å². The van der Waals surface area contributed by atoms with Gasteiger partial charge in [0, 0.05) is 29.1 Å². The Labute approximate surface area is 172 Å². The highest BCUT2D eigenvalue weighted by Crippen LogP contribution is 2.26. The number of aromatic nitrogens is 3. The maximum Gasteiger partial charge on any atom is 0.237 e. The highest BCUT2D eigenvalue weighted by atomic mass is 32.2. The molecule has 0 bridgehead atoms. The summed E-state index contributed by atoms with van der Waals surface area (Å²) < 4.78 is 7.66. The van der Waals surface area contributed by atoms with E-state index in [0.29, 0.717) is 11.6 Å². The number of hydrogen-bond donors (Lipinski definition) is 1. The van der Waals surface area contributed by atoms with Gasteiger partial charge < -0.3 is 10.1 Å². The van der Waals surface area contributed by atoms with Gasteiger partial charge in [-0.25, -0.2) is 9.50 Å². The number of anilines is 1. The van der Waals surface area contributed by atoms with Crippen LogP contribution in [-0.4, -0.2) is 26.3 Å². The number of hydrogen-bond acceptors (Lipinski definition) is 5. The molecular weight excluding hydrogens is 384 g/mol. The van der Waals surface area contributed by atoms with Crippen LogP contribution in [0.25, 0.3) is 16.9 Å². The van der Waals surface area contributed by atoms with Crippen LogP contribution in [0.2, 0.25) is 0 Å². The minimum absolute atomic E-state index is 0.111. The zero-order valence-electron chi connectivity index (χ0n) is 16.1. The number of ether oxygens (including phenoxy) is 1. The number of thioether (sulfide) groups is 1. The molecule has 1 amide bonds. The van der Waals surface area contributed by atoms with Gasteiger partial charge in [0.25, 0.3) is 0 Å². The lowest BCUT2D eigenvalue weighted by Crippen LogP contribution is -2.05. The largest absolute Gasteiger partial charge is 0.438 e. The average molecular weight is 404 g/mol. The zero-order chi connectivity index (χ0) is 20.2. The van der Waals surface area contributed by atoms with E-state index >= 15 is 0 Å². The Morgan fingerprint density at radius 2 is 1.83 bits per heavy atom. The third-order valence-electron chi connectivity index (χ3n) is 4.20. The Morgan fingerprint density at radius 3 is 2.52 bits per heavy atom. The van der Waals surface area contributed by atoms with E-state index in [1.807, 2.05) is 24.0 Å². The number of nitrogens with zero attached hydrogens (tertiary/aromatic N) is 3. The van der Waals surface area contributed by atoms with E-state index in [1.165, 1.54) is 11.8 Å². The summed E-state index contributed by atoms with van der Waals surface area (Å²) in [5, 5.41) is 7.32. The summed E-state index contributed by atoms with van der Waals surface area (Å²) in [4.78, 5) is 16.8. The van der Waals surface area contributed by atoms with Gasteiger partial charge in [-0.3, -0.25) is 4.79 Å². The van der Waals surface area contributed by atoms with E-state index in [0.717, 1.165) is 28.3 Å². The molecule has 0 unspecified atom stereocenters. The van der Waals surface area contributed by atoms with Gasteiger partial charge in [0.05, 0.1) is 11.9 Å². The van der Waals surface area contributed by atoms with Crippen molar-refractivity contribution in [2.75, 3.05) is 11.1 Å². The minimum Gasteiger partial charge on any atom is -0.438 e. The van der Waals surface area contributed by atoms with Crippen LogP contribution >= 0.6 is 11.8 Å². The minimum atomic E-state index is -0.111. The van der Waals surface area contributed by atoms with Crippen molar-refractivity contribution in [3.63, 3.8) is 0 Å². The lowest BCUT2D eigenvalue weighted by atomic mass is 10.2. The fourth-order valence-corrected chi connectivity index (χ4v) is 3.59. The highest BCUT2D eigenvalue weighted by molar-refractivity contribution is 7.99. The molecule has 2 aromatic carbocycles. The quantitative estimate of drug-likeness (QED) is 0.444. The van der Waals surface area contributed by atoms with Crippen molar-refractivity contribution >= 4 is 29.0 Å². The van der Waals surface area contributed by atoms with E-state index in [9.17, 15) is 4.79 Å². The number of fused-ring (bicyclic) bond motifs is 1. The zero-order valence-corrected chi connectivity index (χ0v) is 16.9. The molecule has 4 aromatic rings. The fourth-order valence-electron chi connectivity index (χ4n) is 2.93. The molecule has 0 aliphatic rings. The second-order valence-corrected chi connectivity index (χ2v) is 7.69. The van der Waals surface area contributed by atoms with Gasteiger partial charge in [0.1, 0.15) is 5.75 Å². The lowest BCUT2D eigenvalue weighted by molar-refractivity contribution is -0.114. The Balaban J connectivity index is 1.59. The van der Waals surface area contributed by atoms with Crippen LogP contribution in [0, 0.1) is 0 Å². The smallest absolute Gasteiger partial charge is 0.237 e. The number of imidazole rings is 1. The predicted molar refractivity (Wildman–Crippen MR) is 116 cm³/mol. The molecule has 1 N–H and O–H groups in total. The molecule has 0 spiro atoms. The van der Waals surface area contributed by atoms with Crippen LogP contribution in [-0.2, 0) is 4.79 Å². The van der Waals surface area contributed by atoms with Crippen LogP contribution in [0.4, 0.5) is 5.69 Å². The monoisotopic (exact) mass is 404 g/mol. The van der Waals surface area contributed by atoms with Crippen molar-refractivity contribution < 1.29 is 9.53 Å². The SMILES string of the molecule is CCSc1ccc(-c2cnc3ccc(Oc4ccc(NC(C)=O)cc4)nn23)cc1. The van der Waals surface area contributed by atoms with Crippen LogP contribution in [0.5, 0.6) is 11.6 Å². The maximum atomic E-state index is 11.1. The maximum absolute atomic E-state index is 11.1. The van der Waals surface area contributed by atoms with Crippen LogP contribution in [0.15, 0.2) is 71.8 Å². The number of amides is 1. The van der Waals surface area contributed by atoms with Gasteiger partial charge in [-0.05, 0) is 48.2 Å². The first-order valence-electron chi connectivity index (χ1n) is 9.26. The predicted octanol–water partition coefficient (Wildman–Crippen LogP) is 5.26. The summed E-state index contributed by atoms with van der Waals surface area (Å²) in [6.07, 6.45) is 1.82. The van der Waals surface area contributed by atoms with Gasteiger partial charge in [0.2, 0.25) is 11.8 Å². The molecule has 0 saturated heterocycles. The molecular formula is C22H20N4O2S. The topological polar surface area (TPSA) is 68.5 Å². The normalized spacial score (nSPS) is 10.8. The Bertz CT molecular complexity index is 1140. The second-order valence-electron chi connectivity index (χ2n) is 6.35. The van der Waals surface area contributed by atoms with Crippen LogP contribution in [0.3, 0.4) is 0 Å². The van der Waals surface area contributed by atoms with E-state index in [4.69, 9.17) is 4.74 Å². The number of carbonyl (C=O) groups is 1. The van der Waals surface area contributed by atoms with Crippen molar-refractivity contribution in [2.45, 2.75) is 18.7 Å². The van der Waals surface area contributed by atoms with E-state index < -0.39 is 0 Å². The summed E-state index contributed by atoms with van der Waals surface area (Å²) in [6.45, 7) is 3.62. The van der Waals surface area contributed by atoms with Crippen molar-refractivity contribution in [3.8, 4) is 22.9 Å². The fraction of sp³-hybridized carbons (Fsp3) is 0.136. The Hall–Kier alpha value is -3.32. The third-order valence-corrected chi connectivity index (χ3v) is 5.09. The van der Waals surface area contributed by atoms with Crippen molar-refractivity contribution in [1.29, 1.82) is 0 Å². The number of benzene rings is 2. The molecule has 146 valence electrons. The summed E-state index contributed by atoms with van der Waals surface area (Å²) in [5.41, 5.74) is 3.41. The van der Waals surface area contributed by atoms with Gasteiger partial charge >= 0.3 is 0 Å². The molecule has 2 heterocycles. The summed E-state index contributed by atoms with van der Waals surface area (Å²) in [7, 11) is 0. The number of carbonyl (C=O) groups excluding carboxylic acids is 1. The summed E-state index contributed by atoms with van der Waals surface area (Å²) in [6, 6.07) is 19.2. The van der Waals surface area contributed by atoms with Crippen LogP contribution < -0.4 is 10.1 Å². The summed E-state index contributed by atoms with van der Waals surface area (Å²) >= 11 is 1.81. The van der Waals surface area contributed by atoms with Gasteiger partial charge in [-0.1, -0.05) is 19.1 Å². The Morgan fingerprint density at radius 1 is 1.07 bits per heavy atom. The molecule has 6 nitrogen and oxygen atoms in total. The standard InChI is InChI=1S/C22H20N4O2S/c1-3-29-19-10-4-16(5-11-19)20-14-23-21-12-13-22(25-26(20)21)28-18-8-6-17(7-9-18)24-15(2)27/h4-14H,3H2,1-2H3,(H,24,27). The van der Waals surface area contributed by atoms with Crippen LogP contribution in [0.1, 0.15) is 13.8 Å². The molecule has 0 fully saturated rings. The lowest BCUT2D eigenvalue weighted by Gasteiger charge is -2.08. The molecule has 0 radical (unpaired) electrons. The molecule has 0 aliphatic carbocycles. The van der Waals surface area contributed by atoms with Crippen molar-refractivity contribution in [3.05, 3.63) is 66.9 Å². The number of rotatable bonds is 6. The molecule has 0 aliphatic heterocycles. The molecule has 29 heavy (non-hydrogen) atoms. The van der Waals surface area contributed by atoms with Gasteiger partial charge in [-0.2, -0.15) is 0 Å². The van der Waals surface area contributed by atoms with Gasteiger partial charge in [0.15, 0.2) is 5.65 Å². The van der Waals surface area contributed by atoms with Crippen molar-refractivity contribution in [1.82, 2.24) is 14.6 Å². The van der Waals surface area contributed by atoms with Crippen molar-refractivity contribution in [2.24, 2.45) is 0 Å².